The summed E-state index contributed by atoms with van der Waals surface area (Å²) >= 11 is 0. The maximum atomic E-state index is 15.4. The van der Waals surface area contributed by atoms with Crippen LogP contribution in [0.25, 0.3) is 0 Å². The Hall–Kier alpha value is -3.68. The number of aromatic nitrogens is 3. The van der Waals surface area contributed by atoms with E-state index in [2.05, 4.69) is 29.9 Å². The molecular formula is C25H34FN7O5S. The molecule has 3 atom stereocenters. The second-order valence-electron chi connectivity index (χ2n) is 10.3. The van der Waals surface area contributed by atoms with Gasteiger partial charge in [-0.05, 0) is 46.2 Å². The van der Waals surface area contributed by atoms with Gasteiger partial charge in [-0.1, -0.05) is 13.8 Å². The van der Waals surface area contributed by atoms with E-state index in [1.165, 1.54) is 25.6 Å². The number of hydrogen-bond acceptors (Lipinski definition) is 10. The predicted octanol–water partition coefficient (Wildman–Crippen LogP) is 3.50. The number of halogens is 1. The lowest BCUT2D eigenvalue weighted by molar-refractivity contribution is 0.0560. The highest BCUT2D eigenvalue weighted by Gasteiger charge is 2.43. The molecule has 0 radical (unpaired) electrons. The van der Waals surface area contributed by atoms with Crippen LogP contribution in [0.2, 0.25) is 0 Å². The number of thiol groups is 1. The number of ether oxygens (including phenoxy) is 2. The molecule has 0 saturated heterocycles. The Bertz CT molecular complexity index is 1340. The Morgan fingerprint density at radius 2 is 1.90 bits per heavy atom. The highest BCUT2D eigenvalue weighted by molar-refractivity contribution is 7.75. The zero-order chi connectivity index (χ0) is 29.0. The molecular weight excluding hydrogens is 529 g/mol. The normalized spacial score (nSPS) is 19.2. The van der Waals surface area contributed by atoms with Crippen molar-refractivity contribution in [2.75, 3.05) is 19.0 Å². The largest absolute Gasteiger partial charge is 0.480 e. The van der Waals surface area contributed by atoms with Crippen LogP contribution in [0.5, 0.6) is 5.88 Å². The fraction of sp³-hybridized carbons (Fsp3) is 0.520. The molecule has 2 aromatic heterocycles. The van der Waals surface area contributed by atoms with Crippen molar-refractivity contribution in [2.24, 2.45) is 15.3 Å². The van der Waals surface area contributed by atoms with Crippen LogP contribution in [0.3, 0.4) is 0 Å². The molecule has 1 unspecified atom stereocenters. The van der Waals surface area contributed by atoms with E-state index in [9.17, 15) is 13.8 Å². The number of alkyl carbamates (subject to hydrolysis) is 1. The van der Waals surface area contributed by atoms with Gasteiger partial charge in [-0.2, -0.15) is 0 Å². The molecule has 1 aliphatic heterocycles. The van der Waals surface area contributed by atoms with Crippen molar-refractivity contribution in [1.29, 1.82) is 0 Å². The van der Waals surface area contributed by atoms with Gasteiger partial charge in [0, 0.05) is 23.1 Å². The molecule has 0 spiro atoms. The molecule has 0 fully saturated rings. The van der Waals surface area contributed by atoms with E-state index in [-0.39, 0.29) is 34.8 Å². The van der Waals surface area contributed by atoms with Crippen molar-refractivity contribution in [3.05, 3.63) is 41.7 Å². The Kier molecular flexibility index (Phi) is 9.20. The minimum Gasteiger partial charge on any atom is -0.480 e. The number of amides is 2. The average Bonchev–Trinajstić information content (AvgIpc) is 3.30. The van der Waals surface area contributed by atoms with Gasteiger partial charge in [0.05, 0.1) is 24.8 Å². The summed E-state index contributed by atoms with van der Waals surface area (Å²) in [5.74, 6) is -1.21. The highest BCUT2D eigenvalue weighted by Crippen LogP contribution is 2.37. The van der Waals surface area contributed by atoms with E-state index in [1.54, 1.807) is 41.5 Å². The Labute approximate surface area is 228 Å². The van der Waals surface area contributed by atoms with Crippen molar-refractivity contribution in [3.8, 4) is 5.88 Å². The first-order valence-corrected chi connectivity index (χ1v) is 13.6. The first-order valence-electron chi connectivity index (χ1n) is 12.3. The van der Waals surface area contributed by atoms with Crippen molar-refractivity contribution in [3.63, 3.8) is 0 Å². The summed E-state index contributed by atoms with van der Waals surface area (Å²) in [5.41, 5.74) is -2.42. The van der Waals surface area contributed by atoms with E-state index in [4.69, 9.17) is 14.5 Å². The standard InChI is InChI=1S/C25H34FN7O5S/c1-14(2)21(32-23(35)38-24(3,4)5)33-25(6,17-10-11-29-39(17)36)20-15(26)8-9-18(30-20)31-22(34)16-12-28-19(37-7)13-27-16/h8-9,12-14,17,39H,10-11H2,1-7H3,(H,30,31,34)(H,32,33,35)/t17-,25+/m1/s1. The van der Waals surface area contributed by atoms with Crippen LogP contribution in [0.15, 0.2) is 33.9 Å². The third-order valence-electron chi connectivity index (χ3n) is 5.72. The number of amidine groups is 1. The zero-order valence-corrected chi connectivity index (χ0v) is 23.9. The first kappa shape index (κ1) is 29.9. The molecule has 2 N–H and O–H groups in total. The quantitative estimate of drug-likeness (QED) is 0.262. The van der Waals surface area contributed by atoms with Gasteiger partial charge in [0.2, 0.25) is 5.88 Å². The number of nitrogens with one attached hydrogen (secondary N) is 2. The van der Waals surface area contributed by atoms with Gasteiger partial charge in [0.1, 0.15) is 40.0 Å². The summed E-state index contributed by atoms with van der Waals surface area (Å²) in [5, 5.41) is 4.52. The fourth-order valence-corrected chi connectivity index (χ4v) is 5.27. The number of aliphatic imine (C=N–C) groups is 1. The molecule has 2 aromatic rings. The molecule has 0 aliphatic carbocycles. The third-order valence-corrected chi connectivity index (χ3v) is 7.50. The lowest BCUT2D eigenvalue weighted by Crippen LogP contribution is -2.43. The van der Waals surface area contributed by atoms with Crippen LogP contribution in [-0.4, -0.2) is 61.5 Å². The minimum absolute atomic E-state index is 0.00872. The fourth-order valence-electron chi connectivity index (χ4n) is 3.81. The molecule has 0 saturated carbocycles. The van der Waals surface area contributed by atoms with Gasteiger partial charge in [-0.25, -0.2) is 28.5 Å². The number of pyridine rings is 1. The van der Waals surface area contributed by atoms with E-state index < -0.39 is 44.8 Å². The van der Waals surface area contributed by atoms with Crippen molar-refractivity contribution >= 4 is 34.2 Å². The van der Waals surface area contributed by atoms with E-state index in [0.29, 0.717) is 13.0 Å². The Morgan fingerprint density at radius 3 is 2.44 bits per heavy atom. The Morgan fingerprint density at radius 1 is 1.18 bits per heavy atom. The molecule has 3 heterocycles. The summed E-state index contributed by atoms with van der Waals surface area (Å²) in [6.45, 7) is 10.7. The van der Waals surface area contributed by atoms with Crippen molar-refractivity contribution in [1.82, 2.24) is 20.3 Å². The van der Waals surface area contributed by atoms with Crippen LogP contribution in [0.4, 0.5) is 15.0 Å². The zero-order valence-electron chi connectivity index (χ0n) is 23.0. The monoisotopic (exact) mass is 563 g/mol. The minimum atomic E-state index is -2.11. The van der Waals surface area contributed by atoms with Gasteiger partial charge in [0.25, 0.3) is 5.91 Å². The molecule has 212 valence electrons. The number of carbonyl (C=O) groups excluding carboxylic acids is 2. The molecule has 14 heteroatoms. The highest BCUT2D eigenvalue weighted by atomic mass is 32.2. The molecule has 0 aromatic carbocycles. The van der Waals surface area contributed by atoms with Crippen LogP contribution < -0.4 is 15.4 Å². The van der Waals surface area contributed by atoms with E-state index >= 15 is 4.39 Å². The number of hydrogen-bond donors (Lipinski definition) is 3. The number of carbonyl (C=O) groups is 2. The molecule has 12 nitrogen and oxygen atoms in total. The van der Waals surface area contributed by atoms with Crippen LogP contribution in [0.1, 0.15) is 64.1 Å². The number of rotatable bonds is 7. The maximum absolute atomic E-state index is 15.4. The summed E-state index contributed by atoms with van der Waals surface area (Å²) in [4.78, 5) is 42.4. The lowest BCUT2D eigenvalue weighted by atomic mass is 9.90. The van der Waals surface area contributed by atoms with Gasteiger partial charge >= 0.3 is 6.09 Å². The topological polar surface area (TPSA) is 157 Å². The smallest absolute Gasteiger partial charge is 0.413 e. The van der Waals surface area contributed by atoms with Gasteiger partial charge < -0.3 is 14.8 Å². The van der Waals surface area contributed by atoms with Crippen LogP contribution >= 0.6 is 0 Å². The first-order chi connectivity index (χ1) is 18.2. The van der Waals surface area contributed by atoms with Gasteiger partial charge in [-0.3, -0.25) is 19.3 Å². The van der Waals surface area contributed by atoms with E-state index in [0.717, 1.165) is 6.07 Å². The van der Waals surface area contributed by atoms with Crippen LogP contribution in [0, 0.1) is 11.7 Å². The number of nitrogens with zero attached hydrogens (tertiary/aromatic N) is 5. The Balaban J connectivity index is 2.04. The van der Waals surface area contributed by atoms with E-state index in [1.807, 2.05) is 0 Å². The predicted molar refractivity (Wildman–Crippen MR) is 145 cm³/mol. The second kappa shape index (κ2) is 12.0. The van der Waals surface area contributed by atoms with Crippen molar-refractivity contribution in [2.45, 2.75) is 64.4 Å². The number of methoxy groups -OCH3 is 1. The maximum Gasteiger partial charge on any atom is 0.413 e. The third kappa shape index (κ3) is 7.46. The molecule has 2 amide bonds. The molecule has 1 aliphatic rings. The van der Waals surface area contributed by atoms with Gasteiger partial charge in [-0.15, -0.1) is 0 Å². The van der Waals surface area contributed by atoms with Gasteiger partial charge in [0.15, 0.2) is 0 Å². The summed E-state index contributed by atoms with van der Waals surface area (Å²) in [6.07, 6.45) is 2.16. The SMILES string of the molecule is COc1cnc(C(=O)Nc2ccc(F)c([C@@](C)(/N=C(/NC(=O)OC(C)(C)C)C(C)C)[C@H]3CCN=[SH]3=O)n2)cn1. The average molecular weight is 564 g/mol. The lowest BCUT2D eigenvalue weighted by Gasteiger charge is -2.32. The summed E-state index contributed by atoms with van der Waals surface area (Å²) < 4.78 is 42.8. The second-order valence-corrected chi connectivity index (χ2v) is 11.8. The number of anilines is 1. The molecule has 39 heavy (non-hydrogen) atoms. The van der Waals surface area contributed by atoms with Crippen molar-refractivity contribution < 1.29 is 27.7 Å². The molecule has 0 bridgehead atoms. The summed E-state index contributed by atoms with van der Waals surface area (Å²) in [7, 11) is -0.689. The summed E-state index contributed by atoms with van der Waals surface area (Å²) in [6, 6.07) is 2.43. The molecule has 3 rings (SSSR count). The van der Waals surface area contributed by atoms with Crippen LogP contribution in [-0.2, 0) is 20.9 Å².